The minimum atomic E-state index is -0.0126. The Morgan fingerprint density at radius 1 is 1.13 bits per heavy atom. The topological polar surface area (TPSA) is 45.7 Å². The van der Waals surface area contributed by atoms with E-state index in [0.717, 1.165) is 51.8 Å². The Morgan fingerprint density at radius 3 is 2.58 bits per heavy atom. The van der Waals surface area contributed by atoms with Crippen molar-refractivity contribution in [2.24, 2.45) is 0 Å². The van der Waals surface area contributed by atoms with Gasteiger partial charge in [0.05, 0.1) is 11.8 Å². The zero-order chi connectivity index (χ0) is 22.4. The second-order valence-electron chi connectivity index (χ2n) is 7.20. The van der Waals surface area contributed by atoms with Crippen LogP contribution in [0.3, 0.4) is 0 Å². The average molecular weight is 458 g/mol. The number of fused-ring (bicyclic) bond motifs is 1. The summed E-state index contributed by atoms with van der Waals surface area (Å²) in [6, 6.07) is 11.9. The maximum absolute atomic E-state index is 13.6. The molecule has 0 saturated carbocycles. The van der Waals surface area contributed by atoms with Gasteiger partial charge in [-0.1, -0.05) is 44.2 Å². The van der Waals surface area contributed by atoms with Crippen molar-refractivity contribution in [3.8, 4) is 5.75 Å². The highest BCUT2D eigenvalue weighted by Crippen LogP contribution is 2.37. The van der Waals surface area contributed by atoms with Crippen molar-refractivity contribution in [3.63, 3.8) is 0 Å². The molecule has 2 aromatic carbocycles. The number of thioether (sulfide) groups is 1. The third-order valence-corrected chi connectivity index (χ3v) is 7.40. The molecule has 1 heterocycles. The normalized spacial score (nSPS) is 11.3. The number of likely N-dealkylation sites (N-methyl/N-ethyl adjacent to an activating group) is 1. The monoisotopic (exact) mass is 457 g/mol. The Balaban J connectivity index is 2.02. The number of carbonyl (C=O) groups excluding carboxylic acids is 1. The third kappa shape index (κ3) is 5.40. The summed E-state index contributed by atoms with van der Waals surface area (Å²) in [5.41, 5.74) is 2.65. The van der Waals surface area contributed by atoms with Crippen molar-refractivity contribution < 1.29 is 9.53 Å². The SMILES string of the molecule is CCSc1cccc(C(=O)N(CCN(CC)CC)c2nc3c(OC)ccc(C)c3s2)c1. The minimum absolute atomic E-state index is 0.0126. The van der Waals surface area contributed by atoms with Crippen molar-refractivity contribution >= 4 is 44.4 Å². The summed E-state index contributed by atoms with van der Waals surface area (Å²) in [5, 5.41) is 0.716. The molecule has 0 aliphatic rings. The Labute approximate surface area is 193 Å². The molecule has 0 bridgehead atoms. The van der Waals surface area contributed by atoms with Crippen LogP contribution in [-0.2, 0) is 0 Å². The van der Waals surface area contributed by atoms with Crippen LogP contribution in [0.2, 0.25) is 0 Å². The van der Waals surface area contributed by atoms with E-state index in [-0.39, 0.29) is 5.91 Å². The van der Waals surface area contributed by atoms with Gasteiger partial charge in [-0.3, -0.25) is 9.69 Å². The number of carbonyl (C=O) groups is 1. The average Bonchev–Trinajstić information content (AvgIpc) is 3.23. The van der Waals surface area contributed by atoms with Gasteiger partial charge in [0, 0.05) is 23.5 Å². The molecule has 5 nitrogen and oxygen atoms in total. The first-order valence-electron chi connectivity index (χ1n) is 10.7. The van der Waals surface area contributed by atoms with Gasteiger partial charge in [-0.05, 0) is 55.6 Å². The van der Waals surface area contributed by atoms with Crippen LogP contribution < -0.4 is 9.64 Å². The molecule has 1 amide bonds. The molecule has 166 valence electrons. The lowest BCUT2D eigenvalue weighted by atomic mass is 10.2. The van der Waals surface area contributed by atoms with Gasteiger partial charge in [-0.15, -0.1) is 11.8 Å². The zero-order valence-corrected chi connectivity index (χ0v) is 20.6. The smallest absolute Gasteiger partial charge is 0.260 e. The number of rotatable bonds is 10. The molecule has 0 aliphatic carbocycles. The maximum Gasteiger partial charge on any atom is 0.260 e. The summed E-state index contributed by atoms with van der Waals surface area (Å²) in [5.74, 6) is 1.70. The van der Waals surface area contributed by atoms with E-state index >= 15 is 0 Å². The lowest BCUT2D eigenvalue weighted by molar-refractivity contribution is 0.0983. The lowest BCUT2D eigenvalue weighted by Gasteiger charge is -2.25. The number of aromatic nitrogens is 1. The minimum Gasteiger partial charge on any atom is -0.494 e. The van der Waals surface area contributed by atoms with E-state index < -0.39 is 0 Å². The molecule has 31 heavy (non-hydrogen) atoms. The van der Waals surface area contributed by atoms with Crippen molar-refractivity contribution in [1.82, 2.24) is 9.88 Å². The van der Waals surface area contributed by atoms with Gasteiger partial charge in [0.15, 0.2) is 5.13 Å². The molecule has 0 fully saturated rings. The molecule has 7 heteroatoms. The van der Waals surface area contributed by atoms with Gasteiger partial charge in [0.25, 0.3) is 5.91 Å². The van der Waals surface area contributed by atoms with Crippen LogP contribution in [0.15, 0.2) is 41.3 Å². The van der Waals surface area contributed by atoms with Gasteiger partial charge in [-0.2, -0.15) is 0 Å². The van der Waals surface area contributed by atoms with Crippen molar-refractivity contribution in [2.45, 2.75) is 32.6 Å². The first-order chi connectivity index (χ1) is 15.0. The van der Waals surface area contributed by atoms with E-state index in [1.54, 1.807) is 30.2 Å². The number of hydrogen-bond acceptors (Lipinski definition) is 6. The number of anilines is 1. The summed E-state index contributed by atoms with van der Waals surface area (Å²) < 4.78 is 6.59. The molecule has 0 unspecified atom stereocenters. The Kier molecular flexibility index (Phi) is 8.35. The van der Waals surface area contributed by atoms with Crippen molar-refractivity contribution in [1.29, 1.82) is 0 Å². The predicted octanol–water partition coefficient (Wildman–Crippen LogP) is 5.71. The van der Waals surface area contributed by atoms with Gasteiger partial charge in [-0.25, -0.2) is 4.98 Å². The summed E-state index contributed by atoms with van der Waals surface area (Å²) in [6.07, 6.45) is 0. The number of methoxy groups -OCH3 is 1. The molecule has 0 radical (unpaired) electrons. The third-order valence-electron chi connectivity index (χ3n) is 5.31. The molecule has 1 aromatic heterocycles. The molecule has 0 N–H and O–H groups in total. The molecule has 3 rings (SSSR count). The van der Waals surface area contributed by atoms with Crippen LogP contribution in [0.1, 0.15) is 36.7 Å². The number of ether oxygens (including phenoxy) is 1. The molecule has 0 saturated heterocycles. The Morgan fingerprint density at radius 2 is 1.90 bits per heavy atom. The molecule has 0 spiro atoms. The molecule has 0 aliphatic heterocycles. The highest BCUT2D eigenvalue weighted by molar-refractivity contribution is 7.99. The van der Waals surface area contributed by atoms with Crippen LogP contribution in [0, 0.1) is 6.92 Å². The fraction of sp³-hybridized carbons (Fsp3) is 0.417. The van der Waals surface area contributed by atoms with E-state index in [2.05, 4.69) is 38.7 Å². The molecular formula is C24H31N3O2S2. The quantitative estimate of drug-likeness (QED) is 0.365. The van der Waals surface area contributed by atoms with Crippen LogP contribution in [0.5, 0.6) is 5.75 Å². The summed E-state index contributed by atoms with van der Waals surface area (Å²) in [6.45, 7) is 11.8. The summed E-state index contributed by atoms with van der Waals surface area (Å²) >= 11 is 3.30. The number of benzene rings is 2. The molecule has 0 atom stereocenters. The predicted molar refractivity (Wildman–Crippen MR) is 133 cm³/mol. The largest absolute Gasteiger partial charge is 0.494 e. The van der Waals surface area contributed by atoms with E-state index in [1.165, 1.54) is 0 Å². The highest BCUT2D eigenvalue weighted by Gasteiger charge is 2.23. The van der Waals surface area contributed by atoms with Crippen molar-refractivity contribution in [2.75, 3.05) is 43.9 Å². The van der Waals surface area contributed by atoms with Crippen LogP contribution in [0.25, 0.3) is 10.2 Å². The Hall–Kier alpha value is -2.09. The van der Waals surface area contributed by atoms with Crippen LogP contribution in [0.4, 0.5) is 5.13 Å². The molecule has 3 aromatic rings. The van der Waals surface area contributed by atoms with Crippen LogP contribution >= 0.6 is 23.1 Å². The second kappa shape index (κ2) is 11.0. The number of nitrogens with zero attached hydrogens (tertiary/aromatic N) is 3. The fourth-order valence-electron chi connectivity index (χ4n) is 3.49. The number of thiazole rings is 1. The lowest BCUT2D eigenvalue weighted by Crippen LogP contribution is -2.38. The van der Waals surface area contributed by atoms with E-state index in [4.69, 9.17) is 9.72 Å². The maximum atomic E-state index is 13.6. The van der Waals surface area contributed by atoms with Crippen LogP contribution in [-0.4, -0.2) is 54.8 Å². The highest BCUT2D eigenvalue weighted by atomic mass is 32.2. The molecular weight excluding hydrogens is 426 g/mol. The van der Waals surface area contributed by atoms with E-state index in [1.807, 2.05) is 35.2 Å². The second-order valence-corrected chi connectivity index (χ2v) is 9.52. The van der Waals surface area contributed by atoms with E-state index in [9.17, 15) is 4.79 Å². The Bertz CT molecular complexity index is 1030. The zero-order valence-electron chi connectivity index (χ0n) is 19.0. The van der Waals surface area contributed by atoms with Gasteiger partial charge in [0.2, 0.25) is 0 Å². The fourth-order valence-corrected chi connectivity index (χ4v) is 5.28. The first kappa shape index (κ1) is 23.6. The standard InChI is InChI=1S/C24H31N3O2S2/c1-6-26(7-2)14-15-27(23(28)18-10-9-11-19(16-18)30-8-3)24-25-21-20(29-5)13-12-17(4)22(21)31-24/h9-13,16H,6-8,14-15H2,1-5H3. The number of aryl methyl sites for hydroxylation is 1. The van der Waals surface area contributed by atoms with Crippen molar-refractivity contribution in [3.05, 3.63) is 47.5 Å². The summed E-state index contributed by atoms with van der Waals surface area (Å²) in [7, 11) is 1.66. The number of amides is 1. The van der Waals surface area contributed by atoms with Gasteiger partial charge < -0.3 is 9.64 Å². The van der Waals surface area contributed by atoms with Gasteiger partial charge in [0.1, 0.15) is 11.3 Å². The first-order valence-corrected chi connectivity index (χ1v) is 12.5. The van der Waals surface area contributed by atoms with E-state index in [0.29, 0.717) is 17.2 Å². The summed E-state index contributed by atoms with van der Waals surface area (Å²) in [4.78, 5) is 23.8. The van der Waals surface area contributed by atoms with Gasteiger partial charge >= 0.3 is 0 Å². The number of hydrogen-bond donors (Lipinski definition) is 0.